The SMILES string of the molecule is CC(C)Cc1cc(C(=O)NCC(C)O)n[nH]1. The zero-order chi connectivity index (χ0) is 12.1. The van der Waals surface area contributed by atoms with Crippen molar-refractivity contribution in [3.8, 4) is 0 Å². The lowest BCUT2D eigenvalue weighted by molar-refractivity contribution is 0.0919. The van der Waals surface area contributed by atoms with E-state index in [2.05, 4.69) is 29.4 Å². The first-order valence-corrected chi connectivity index (χ1v) is 5.49. The van der Waals surface area contributed by atoms with Gasteiger partial charge in [0.1, 0.15) is 5.69 Å². The molecule has 90 valence electrons. The number of aliphatic hydroxyl groups is 1. The van der Waals surface area contributed by atoms with Gasteiger partial charge in [0.05, 0.1) is 6.10 Å². The Balaban J connectivity index is 2.53. The Morgan fingerprint density at radius 1 is 1.56 bits per heavy atom. The van der Waals surface area contributed by atoms with Crippen LogP contribution in [0.4, 0.5) is 0 Å². The van der Waals surface area contributed by atoms with Crippen LogP contribution in [-0.2, 0) is 6.42 Å². The van der Waals surface area contributed by atoms with Crippen molar-refractivity contribution in [3.63, 3.8) is 0 Å². The molecule has 0 fully saturated rings. The number of nitrogens with zero attached hydrogens (tertiary/aromatic N) is 1. The lowest BCUT2D eigenvalue weighted by Gasteiger charge is -2.04. The standard InChI is InChI=1S/C11H19N3O2/c1-7(2)4-9-5-10(14-13-9)11(16)12-6-8(3)15/h5,7-8,15H,4,6H2,1-3H3,(H,12,16)(H,13,14). The van der Waals surface area contributed by atoms with Gasteiger partial charge in [-0.25, -0.2) is 0 Å². The number of hydrogen-bond acceptors (Lipinski definition) is 3. The Morgan fingerprint density at radius 3 is 2.81 bits per heavy atom. The first-order valence-electron chi connectivity index (χ1n) is 5.49. The monoisotopic (exact) mass is 225 g/mol. The molecular formula is C11H19N3O2. The van der Waals surface area contributed by atoms with Crippen LogP contribution in [0.25, 0.3) is 0 Å². The van der Waals surface area contributed by atoms with Crippen molar-refractivity contribution in [3.05, 3.63) is 17.5 Å². The number of aromatic nitrogens is 2. The summed E-state index contributed by atoms with van der Waals surface area (Å²) in [5, 5.41) is 18.4. The average molecular weight is 225 g/mol. The van der Waals surface area contributed by atoms with Gasteiger partial charge in [0.25, 0.3) is 5.91 Å². The predicted octanol–water partition coefficient (Wildman–Crippen LogP) is 0.719. The number of rotatable bonds is 5. The molecule has 1 amide bonds. The topological polar surface area (TPSA) is 78.0 Å². The van der Waals surface area contributed by atoms with Crippen LogP contribution in [0, 0.1) is 5.92 Å². The van der Waals surface area contributed by atoms with Crippen molar-refractivity contribution in [1.29, 1.82) is 0 Å². The minimum absolute atomic E-state index is 0.241. The summed E-state index contributed by atoms with van der Waals surface area (Å²) in [5.74, 6) is 0.265. The summed E-state index contributed by atoms with van der Waals surface area (Å²) < 4.78 is 0. The summed E-state index contributed by atoms with van der Waals surface area (Å²) in [6, 6.07) is 1.75. The van der Waals surface area contributed by atoms with Crippen molar-refractivity contribution in [2.45, 2.75) is 33.3 Å². The van der Waals surface area contributed by atoms with E-state index in [4.69, 9.17) is 5.11 Å². The molecule has 0 aliphatic rings. The number of amides is 1. The highest BCUT2D eigenvalue weighted by Crippen LogP contribution is 2.06. The Labute approximate surface area is 95.3 Å². The third-order valence-electron chi connectivity index (χ3n) is 2.05. The van der Waals surface area contributed by atoms with Gasteiger partial charge in [-0.1, -0.05) is 13.8 Å². The van der Waals surface area contributed by atoms with Crippen LogP contribution in [-0.4, -0.2) is 33.9 Å². The molecule has 16 heavy (non-hydrogen) atoms. The molecule has 0 aliphatic carbocycles. The zero-order valence-corrected chi connectivity index (χ0v) is 9.95. The fraction of sp³-hybridized carbons (Fsp3) is 0.636. The van der Waals surface area contributed by atoms with Crippen LogP contribution >= 0.6 is 0 Å². The number of nitrogens with one attached hydrogen (secondary N) is 2. The summed E-state index contributed by atoms with van der Waals surface area (Å²) in [7, 11) is 0. The van der Waals surface area contributed by atoms with E-state index in [1.54, 1.807) is 13.0 Å². The Morgan fingerprint density at radius 2 is 2.25 bits per heavy atom. The van der Waals surface area contributed by atoms with Gasteiger partial charge < -0.3 is 10.4 Å². The molecule has 1 unspecified atom stereocenters. The van der Waals surface area contributed by atoms with Crippen LogP contribution < -0.4 is 5.32 Å². The summed E-state index contributed by atoms with van der Waals surface area (Å²) in [6.07, 6.45) is 0.328. The molecule has 0 saturated heterocycles. The number of hydrogen-bond donors (Lipinski definition) is 3. The van der Waals surface area contributed by atoms with Gasteiger partial charge in [-0.3, -0.25) is 9.89 Å². The maximum atomic E-state index is 11.5. The molecule has 1 aromatic heterocycles. The zero-order valence-electron chi connectivity index (χ0n) is 9.95. The maximum Gasteiger partial charge on any atom is 0.271 e. The van der Waals surface area contributed by atoms with Crippen LogP contribution in [0.2, 0.25) is 0 Å². The van der Waals surface area contributed by atoms with E-state index in [0.717, 1.165) is 12.1 Å². The molecule has 3 N–H and O–H groups in total. The minimum Gasteiger partial charge on any atom is -0.392 e. The van der Waals surface area contributed by atoms with Gasteiger partial charge in [0.2, 0.25) is 0 Å². The number of aliphatic hydroxyl groups excluding tert-OH is 1. The van der Waals surface area contributed by atoms with Crippen molar-refractivity contribution >= 4 is 5.91 Å². The molecule has 1 rings (SSSR count). The average Bonchev–Trinajstić information content (AvgIpc) is 2.61. The molecule has 0 aromatic carbocycles. The van der Waals surface area contributed by atoms with Crippen LogP contribution in [0.3, 0.4) is 0 Å². The second-order valence-electron chi connectivity index (χ2n) is 4.44. The second-order valence-corrected chi connectivity index (χ2v) is 4.44. The van der Waals surface area contributed by atoms with E-state index >= 15 is 0 Å². The third-order valence-corrected chi connectivity index (χ3v) is 2.05. The van der Waals surface area contributed by atoms with E-state index in [0.29, 0.717) is 11.6 Å². The van der Waals surface area contributed by atoms with Gasteiger partial charge in [-0.2, -0.15) is 5.10 Å². The van der Waals surface area contributed by atoms with Crippen LogP contribution in [0.5, 0.6) is 0 Å². The number of H-pyrrole nitrogens is 1. The summed E-state index contributed by atoms with van der Waals surface area (Å²) >= 11 is 0. The fourth-order valence-electron chi connectivity index (χ4n) is 1.35. The van der Waals surface area contributed by atoms with Gasteiger partial charge in [-0.15, -0.1) is 0 Å². The number of carbonyl (C=O) groups is 1. The lowest BCUT2D eigenvalue weighted by atomic mass is 10.1. The van der Waals surface area contributed by atoms with E-state index in [-0.39, 0.29) is 12.5 Å². The second kappa shape index (κ2) is 5.65. The molecule has 0 radical (unpaired) electrons. The molecule has 0 aliphatic heterocycles. The van der Waals surface area contributed by atoms with Gasteiger partial charge in [0, 0.05) is 12.2 Å². The number of aromatic amines is 1. The van der Waals surface area contributed by atoms with Crippen LogP contribution in [0.1, 0.15) is 37.0 Å². The van der Waals surface area contributed by atoms with Gasteiger partial charge in [-0.05, 0) is 25.3 Å². The van der Waals surface area contributed by atoms with Crippen molar-refractivity contribution in [2.75, 3.05) is 6.54 Å². The van der Waals surface area contributed by atoms with Crippen molar-refractivity contribution in [1.82, 2.24) is 15.5 Å². The van der Waals surface area contributed by atoms with E-state index < -0.39 is 6.10 Å². The highest BCUT2D eigenvalue weighted by atomic mass is 16.3. The highest BCUT2D eigenvalue weighted by molar-refractivity contribution is 5.92. The largest absolute Gasteiger partial charge is 0.392 e. The number of carbonyl (C=O) groups excluding carboxylic acids is 1. The molecule has 1 aromatic rings. The Bertz CT molecular complexity index is 345. The third kappa shape index (κ3) is 4.02. The predicted molar refractivity (Wildman–Crippen MR) is 61.1 cm³/mol. The van der Waals surface area contributed by atoms with Crippen LogP contribution in [0.15, 0.2) is 6.07 Å². The summed E-state index contributed by atoms with van der Waals surface area (Å²) in [6.45, 7) is 6.07. The van der Waals surface area contributed by atoms with Crippen molar-refractivity contribution < 1.29 is 9.90 Å². The Kier molecular flexibility index (Phi) is 4.49. The van der Waals surface area contributed by atoms with Gasteiger partial charge >= 0.3 is 0 Å². The molecule has 5 nitrogen and oxygen atoms in total. The lowest BCUT2D eigenvalue weighted by Crippen LogP contribution is -2.30. The van der Waals surface area contributed by atoms with Crippen molar-refractivity contribution in [2.24, 2.45) is 5.92 Å². The quantitative estimate of drug-likeness (QED) is 0.691. The van der Waals surface area contributed by atoms with Gasteiger partial charge in [0.15, 0.2) is 0 Å². The molecule has 0 spiro atoms. The first-order chi connectivity index (χ1) is 7.49. The molecule has 5 heteroatoms. The highest BCUT2D eigenvalue weighted by Gasteiger charge is 2.11. The molecule has 1 heterocycles. The molecular weight excluding hydrogens is 206 g/mol. The van der Waals surface area contributed by atoms with E-state index in [1.807, 2.05) is 0 Å². The fourth-order valence-corrected chi connectivity index (χ4v) is 1.35. The maximum absolute atomic E-state index is 11.5. The van der Waals surface area contributed by atoms with E-state index in [1.165, 1.54) is 0 Å². The molecule has 0 bridgehead atoms. The first kappa shape index (κ1) is 12.7. The van der Waals surface area contributed by atoms with E-state index in [9.17, 15) is 4.79 Å². The Hall–Kier alpha value is -1.36. The summed E-state index contributed by atoms with van der Waals surface area (Å²) in [5.41, 5.74) is 1.33. The molecule has 1 atom stereocenters. The normalized spacial score (nSPS) is 12.8. The molecule has 0 saturated carbocycles. The smallest absolute Gasteiger partial charge is 0.271 e. The summed E-state index contributed by atoms with van der Waals surface area (Å²) in [4.78, 5) is 11.5. The minimum atomic E-state index is -0.543.